The summed E-state index contributed by atoms with van der Waals surface area (Å²) in [6.07, 6.45) is 4.77. The first-order valence-electron chi connectivity index (χ1n) is 30.8. The third-order valence-electron chi connectivity index (χ3n) is 15.1. The zero-order valence-electron chi connectivity index (χ0n) is 53.1. The van der Waals surface area contributed by atoms with E-state index in [0.29, 0.717) is 40.8 Å². The van der Waals surface area contributed by atoms with Crippen LogP contribution in [0.3, 0.4) is 0 Å². The van der Waals surface area contributed by atoms with Crippen molar-refractivity contribution in [2.75, 3.05) is 0 Å². The molecule has 4 nitrogen and oxygen atoms in total. The van der Waals surface area contributed by atoms with Gasteiger partial charge in [0.25, 0.3) is 0 Å². The molecule has 0 radical (unpaired) electrons. The van der Waals surface area contributed by atoms with E-state index in [4.69, 9.17) is 24.9 Å². The molecule has 4 heterocycles. The van der Waals surface area contributed by atoms with Gasteiger partial charge in [0, 0.05) is 36.3 Å². The number of aromatic nitrogens is 3. The molecule has 4 aromatic heterocycles. The predicted molar refractivity (Wildman–Crippen MR) is 310 cm³/mol. The number of nitrogens with zero attached hydrogens (tertiary/aromatic N) is 3. The first kappa shape index (κ1) is 42.3. The molecule has 382 valence electrons. The van der Waals surface area contributed by atoms with Gasteiger partial charge in [0.1, 0.15) is 5.58 Å². The zero-order valence-corrected chi connectivity index (χ0v) is 46.5. The number of rotatable bonds is 15. The normalized spacial score (nSPS) is 16.2. The van der Waals surface area contributed by atoms with Crippen molar-refractivity contribution < 1.29 is 36.9 Å². The summed E-state index contributed by atoms with van der Waals surface area (Å²) < 4.78 is 93.0. The Morgan fingerprint density at radius 2 is 1.25 bits per heavy atom. The summed E-state index contributed by atoms with van der Waals surface area (Å²) in [7, 11) is 0. The SMILES string of the molecule is [2H]C([2H])([2H])c1cc(C([2H])(C)C)ccc1-c1cc(-c2[c-]ccc3c2oc2c(C4([2H])CCCCC4)cccc23)ncc1C([2H])([2H])C([2H])([2H])c1cc(CC(C)(C)c2ccc(-c3[c-]cccc3)nc2)cc(CC(C)(C)c2ccc(-c3[c-]cccc3)nc2)c1.[Ir+3]. The summed E-state index contributed by atoms with van der Waals surface area (Å²) in [6, 6.07) is 55.0. The first-order chi connectivity index (χ1) is 39.7. The second-order valence-electron chi connectivity index (χ2n) is 21.7. The number of hydrogen-bond donors (Lipinski definition) is 0. The van der Waals surface area contributed by atoms with E-state index < -0.39 is 42.2 Å². The number of para-hydroxylation sites is 1. The minimum Gasteiger partial charge on any atom is -0.500 e. The van der Waals surface area contributed by atoms with E-state index >= 15 is 0 Å². The fourth-order valence-electron chi connectivity index (χ4n) is 10.9. The van der Waals surface area contributed by atoms with Gasteiger partial charge in [-0.05, 0) is 146 Å². The van der Waals surface area contributed by atoms with Crippen LogP contribution in [0.15, 0.2) is 169 Å². The van der Waals surface area contributed by atoms with Crippen molar-refractivity contribution in [3.63, 3.8) is 0 Å². The maximum atomic E-state index is 10.3. The zero-order chi connectivity index (χ0) is 59.6. The topological polar surface area (TPSA) is 51.8 Å². The van der Waals surface area contributed by atoms with Crippen LogP contribution >= 0.6 is 0 Å². The fraction of sp³-hybridized carbons (Fsp3) is 0.282. The van der Waals surface area contributed by atoms with Gasteiger partial charge in [0.15, 0.2) is 0 Å². The molecular weight excluding hydrogens is 1100 g/mol. The van der Waals surface area contributed by atoms with Gasteiger partial charge in [0.05, 0.1) is 5.58 Å². The van der Waals surface area contributed by atoms with E-state index in [1.165, 1.54) is 12.3 Å². The Kier molecular flexibility index (Phi) is 12.5. The van der Waals surface area contributed by atoms with Crippen molar-refractivity contribution in [3.05, 3.63) is 232 Å². The van der Waals surface area contributed by atoms with Crippen LogP contribution in [0.4, 0.5) is 0 Å². The minimum absolute atomic E-state index is 0. The molecule has 0 amide bonds. The molecule has 1 saturated carbocycles. The van der Waals surface area contributed by atoms with Crippen LogP contribution in [-0.4, -0.2) is 15.0 Å². The molecule has 1 fully saturated rings. The molecule has 76 heavy (non-hydrogen) atoms. The van der Waals surface area contributed by atoms with Crippen LogP contribution in [-0.2, 0) is 56.5 Å². The molecule has 0 bridgehead atoms. The van der Waals surface area contributed by atoms with Crippen molar-refractivity contribution >= 4 is 21.9 Å². The van der Waals surface area contributed by atoms with E-state index in [2.05, 4.69) is 64.1 Å². The van der Waals surface area contributed by atoms with E-state index in [0.717, 1.165) is 93.2 Å². The van der Waals surface area contributed by atoms with E-state index in [9.17, 15) is 6.85 Å². The van der Waals surface area contributed by atoms with Crippen molar-refractivity contribution in [3.8, 4) is 44.9 Å². The van der Waals surface area contributed by atoms with E-state index in [-0.39, 0.29) is 47.9 Å². The molecule has 1 aliphatic carbocycles. The average molecular weight is 1180 g/mol. The van der Waals surface area contributed by atoms with Crippen molar-refractivity contribution in [2.45, 2.75) is 129 Å². The van der Waals surface area contributed by atoms with Gasteiger partial charge in [-0.1, -0.05) is 157 Å². The molecule has 0 unspecified atom stereocenters. The Labute approximate surface area is 477 Å². The third kappa shape index (κ3) is 11.2. The van der Waals surface area contributed by atoms with Crippen molar-refractivity contribution in [1.82, 2.24) is 15.0 Å². The van der Waals surface area contributed by atoms with E-state index in [1.807, 2.05) is 97.3 Å². The van der Waals surface area contributed by atoms with Gasteiger partial charge in [-0.2, -0.15) is 0 Å². The minimum atomic E-state index is -2.87. The largest absolute Gasteiger partial charge is 3.00 e. The number of benzene rings is 6. The van der Waals surface area contributed by atoms with Gasteiger partial charge >= 0.3 is 20.1 Å². The van der Waals surface area contributed by atoms with Crippen molar-refractivity contribution in [1.29, 1.82) is 0 Å². The Morgan fingerprint density at radius 1 is 0.618 bits per heavy atom. The number of fused-ring (bicyclic) bond motifs is 3. The molecule has 0 aliphatic heterocycles. The molecule has 0 saturated heterocycles. The van der Waals surface area contributed by atoms with Crippen LogP contribution in [0.5, 0.6) is 0 Å². The summed E-state index contributed by atoms with van der Waals surface area (Å²) in [5.41, 5.74) is 9.04. The predicted octanol–water partition coefficient (Wildman–Crippen LogP) is 18.1. The summed E-state index contributed by atoms with van der Waals surface area (Å²) >= 11 is 0. The Hall–Kier alpha value is -6.78. The first-order valence-corrected chi connectivity index (χ1v) is 26.3. The maximum Gasteiger partial charge on any atom is 3.00 e. The van der Waals surface area contributed by atoms with E-state index in [1.54, 1.807) is 50.2 Å². The van der Waals surface area contributed by atoms with Crippen LogP contribution in [0.1, 0.15) is 148 Å². The Morgan fingerprint density at radius 3 is 1.84 bits per heavy atom. The second-order valence-corrected chi connectivity index (χ2v) is 21.7. The summed E-state index contributed by atoms with van der Waals surface area (Å²) in [4.78, 5) is 14.6. The van der Waals surface area contributed by atoms with Gasteiger partial charge in [-0.3, -0.25) is 0 Å². The molecule has 11 rings (SSSR count). The number of hydrogen-bond acceptors (Lipinski definition) is 4. The van der Waals surface area contributed by atoms with Crippen molar-refractivity contribution in [2.24, 2.45) is 0 Å². The molecule has 1 aliphatic rings. The summed E-state index contributed by atoms with van der Waals surface area (Å²) in [6.45, 7) is 9.13. The molecule has 5 heteroatoms. The third-order valence-corrected chi connectivity index (χ3v) is 15.1. The second kappa shape index (κ2) is 22.4. The molecular formula is C71H68IrN3O. The fourth-order valence-corrected chi connectivity index (χ4v) is 10.9. The van der Waals surface area contributed by atoms with Gasteiger partial charge in [-0.25, -0.2) is 0 Å². The van der Waals surface area contributed by atoms with Gasteiger partial charge < -0.3 is 19.4 Å². The van der Waals surface area contributed by atoms with Gasteiger partial charge in [-0.15, -0.1) is 90.0 Å². The standard InChI is InChI=1S/C71H68N3O.Ir/c1-47(2)55-31-34-59(48(3)37-55)64-41-67(63-28-18-27-62-61-26-17-25-60(68(61)75-69(62)63)52-19-11-8-12-20-52)72-44-56(64)30-29-49-38-50(42-70(4,5)57-32-35-65(73-45-57)53-21-13-9-14-22-53)40-51(39-49)43-71(6,7)58-33-36-66(74-46-58)54-23-15-10-16-24-54;/h9-10,13-18,21,23,25-27,31-41,44-47,52H,8,11-12,19-20,29-30,42-43H2,1-7H3;/q-3;+3/i3D3,29D2,30D2,47D,52D;. The molecule has 0 spiro atoms. The van der Waals surface area contributed by atoms with Crippen LogP contribution in [0.25, 0.3) is 66.8 Å². The monoisotopic (exact) mass is 1180 g/mol. The molecule has 0 N–H and O–H groups in total. The average Bonchev–Trinajstić information content (AvgIpc) is 1.98. The van der Waals surface area contributed by atoms with Crippen LogP contribution in [0, 0.1) is 25.1 Å². The summed E-state index contributed by atoms with van der Waals surface area (Å²) in [5, 5.41) is 1.63. The Balaban J connectivity index is 0.00000803. The van der Waals surface area contributed by atoms with Gasteiger partial charge in [0.2, 0.25) is 0 Å². The molecule has 0 atom stereocenters. The quantitative estimate of drug-likeness (QED) is 0.0960. The number of aryl methyl sites for hydroxylation is 3. The van der Waals surface area contributed by atoms with Crippen LogP contribution in [0.2, 0.25) is 0 Å². The maximum absolute atomic E-state index is 10.3. The molecule has 6 aromatic carbocycles. The smallest absolute Gasteiger partial charge is 0.500 e. The number of furan rings is 1. The Bertz CT molecular complexity index is 3920. The number of pyridine rings is 3. The summed E-state index contributed by atoms with van der Waals surface area (Å²) in [5.74, 6) is -1.99. The van der Waals surface area contributed by atoms with Crippen LogP contribution < -0.4 is 0 Å². The molecule has 10 aromatic rings.